The lowest BCUT2D eigenvalue weighted by atomic mass is 9.87. The van der Waals surface area contributed by atoms with E-state index < -0.39 is 0 Å². The van der Waals surface area contributed by atoms with Crippen molar-refractivity contribution in [1.29, 1.82) is 0 Å². The van der Waals surface area contributed by atoms with Crippen molar-refractivity contribution in [2.75, 3.05) is 6.54 Å². The highest BCUT2D eigenvalue weighted by molar-refractivity contribution is 4.93. The van der Waals surface area contributed by atoms with Crippen LogP contribution in [0.15, 0.2) is 0 Å². The van der Waals surface area contributed by atoms with Crippen molar-refractivity contribution < 1.29 is 0 Å². The van der Waals surface area contributed by atoms with Crippen LogP contribution < -0.4 is 5.32 Å². The third-order valence-corrected chi connectivity index (χ3v) is 5.11. The number of rotatable bonds is 5. The molecule has 1 N–H and O–H groups in total. The number of nitrogens with one attached hydrogen (secondary N) is 1. The van der Waals surface area contributed by atoms with Crippen molar-refractivity contribution in [2.45, 2.75) is 64.3 Å². The highest BCUT2D eigenvalue weighted by Gasteiger charge is 2.41. The Bertz CT molecular complexity index is 210. The first-order chi connectivity index (χ1) is 7.83. The van der Waals surface area contributed by atoms with Crippen LogP contribution in [0, 0.1) is 23.7 Å². The van der Waals surface area contributed by atoms with Crippen LogP contribution in [0.4, 0.5) is 0 Å². The molecule has 3 rings (SSSR count). The largest absolute Gasteiger partial charge is 0.314 e. The Morgan fingerprint density at radius 3 is 1.94 bits per heavy atom. The molecule has 0 amide bonds. The second-order valence-electron chi connectivity index (χ2n) is 6.70. The van der Waals surface area contributed by atoms with Crippen LogP contribution in [0.3, 0.4) is 0 Å². The third-order valence-electron chi connectivity index (χ3n) is 5.11. The Morgan fingerprint density at radius 1 is 0.875 bits per heavy atom. The highest BCUT2D eigenvalue weighted by atomic mass is 14.9. The van der Waals surface area contributed by atoms with E-state index in [4.69, 9.17) is 0 Å². The molecule has 1 nitrogen and oxygen atoms in total. The van der Waals surface area contributed by atoms with Gasteiger partial charge in [0.2, 0.25) is 0 Å². The Kier molecular flexibility index (Phi) is 3.24. The van der Waals surface area contributed by atoms with Crippen LogP contribution in [-0.4, -0.2) is 12.6 Å². The zero-order valence-corrected chi connectivity index (χ0v) is 10.8. The van der Waals surface area contributed by atoms with E-state index in [1.807, 2.05) is 0 Å². The Hall–Kier alpha value is -0.0400. The standard InChI is InChI=1S/C15H27N/c1-11-2-8-14(9-3-11)16-10-15(12-4-5-12)13-6-7-13/h11-16H,2-10H2,1H3. The molecule has 16 heavy (non-hydrogen) atoms. The van der Waals surface area contributed by atoms with Gasteiger partial charge in [0.15, 0.2) is 0 Å². The Morgan fingerprint density at radius 2 is 1.44 bits per heavy atom. The Balaban J connectivity index is 1.41. The van der Waals surface area contributed by atoms with Gasteiger partial charge in [0, 0.05) is 6.04 Å². The van der Waals surface area contributed by atoms with Gasteiger partial charge in [0.25, 0.3) is 0 Å². The normalized spacial score (nSPS) is 35.6. The van der Waals surface area contributed by atoms with Gasteiger partial charge in [-0.2, -0.15) is 0 Å². The first kappa shape index (κ1) is 11.1. The fourth-order valence-electron chi connectivity index (χ4n) is 3.53. The summed E-state index contributed by atoms with van der Waals surface area (Å²) >= 11 is 0. The molecular weight excluding hydrogens is 194 g/mol. The van der Waals surface area contributed by atoms with Gasteiger partial charge in [0.1, 0.15) is 0 Å². The average Bonchev–Trinajstić information content (AvgIpc) is 3.15. The van der Waals surface area contributed by atoms with Gasteiger partial charge in [-0.1, -0.05) is 6.92 Å². The molecule has 0 aromatic carbocycles. The summed E-state index contributed by atoms with van der Waals surface area (Å²) in [5.41, 5.74) is 0. The predicted octanol–water partition coefficient (Wildman–Crippen LogP) is 3.59. The summed E-state index contributed by atoms with van der Waals surface area (Å²) in [6, 6.07) is 0.858. The van der Waals surface area contributed by atoms with Gasteiger partial charge in [-0.05, 0) is 81.6 Å². The number of hydrogen-bond acceptors (Lipinski definition) is 1. The van der Waals surface area contributed by atoms with E-state index >= 15 is 0 Å². The molecule has 0 radical (unpaired) electrons. The summed E-state index contributed by atoms with van der Waals surface area (Å²) < 4.78 is 0. The predicted molar refractivity (Wildman–Crippen MR) is 68.4 cm³/mol. The minimum atomic E-state index is 0.858. The van der Waals surface area contributed by atoms with Crippen molar-refractivity contribution in [3.8, 4) is 0 Å². The summed E-state index contributed by atoms with van der Waals surface area (Å²) in [6.45, 7) is 3.75. The minimum Gasteiger partial charge on any atom is -0.314 e. The van der Waals surface area contributed by atoms with Crippen LogP contribution in [0.25, 0.3) is 0 Å². The quantitative estimate of drug-likeness (QED) is 0.748. The second-order valence-corrected chi connectivity index (χ2v) is 6.70. The first-order valence-corrected chi connectivity index (χ1v) is 7.56. The summed E-state index contributed by atoms with van der Waals surface area (Å²) in [5, 5.41) is 3.88. The molecule has 0 saturated heterocycles. The molecule has 0 aliphatic heterocycles. The van der Waals surface area contributed by atoms with Crippen LogP contribution >= 0.6 is 0 Å². The molecule has 3 fully saturated rings. The van der Waals surface area contributed by atoms with Crippen molar-refractivity contribution in [1.82, 2.24) is 5.32 Å². The van der Waals surface area contributed by atoms with Gasteiger partial charge in [0.05, 0.1) is 0 Å². The van der Waals surface area contributed by atoms with Gasteiger partial charge in [-0.3, -0.25) is 0 Å². The molecule has 0 bridgehead atoms. The molecular formula is C15H27N. The van der Waals surface area contributed by atoms with E-state index in [0.717, 1.165) is 29.7 Å². The minimum absolute atomic E-state index is 0.858. The summed E-state index contributed by atoms with van der Waals surface area (Å²) in [5.74, 6) is 4.27. The summed E-state index contributed by atoms with van der Waals surface area (Å²) in [4.78, 5) is 0. The topological polar surface area (TPSA) is 12.0 Å². The highest BCUT2D eigenvalue weighted by Crippen LogP contribution is 2.48. The van der Waals surface area contributed by atoms with Crippen LogP contribution in [0.1, 0.15) is 58.3 Å². The molecule has 0 atom stereocenters. The lowest BCUT2D eigenvalue weighted by Crippen LogP contribution is -2.37. The SMILES string of the molecule is CC1CCC(NCC(C2CC2)C2CC2)CC1. The van der Waals surface area contributed by atoms with Gasteiger partial charge in [-0.15, -0.1) is 0 Å². The molecule has 0 unspecified atom stereocenters. The summed E-state index contributed by atoms with van der Waals surface area (Å²) in [7, 11) is 0. The van der Waals surface area contributed by atoms with Crippen LogP contribution in [-0.2, 0) is 0 Å². The van der Waals surface area contributed by atoms with Crippen LogP contribution in [0.2, 0.25) is 0 Å². The maximum atomic E-state index is 3.88. The van der Waals surface area contributed by atoms with E-state index in [9.17, 15) is 0 Å². The fourth-order valence-corrected chi connectivity index (χ4v) is 3.53. The Labute approximate surface area is 100 Å². The van der Waals surface area contributed by atoms with E-state index in [2.05, 4.69) is 12.2 Å². The lowest BCUT2D eigenvalue weighted by Gasteiger charge is -2.29. The van der Waals surface area contributed by atoms with Gasteiger partial charge in [-0.25, -0.2) is 0 Å². The van der Waals surface area contributed by atoms with E-state index in [0.29, 0.717) is 0 Å². The van der Waals surface area contributed by atoms with E-state index in [-0.39, 0.29) is 0 Å². The molecule has 0 aromatic heterocycles. The van der Waals surface area contributed by atoms with E-state index in [1.165, 1.54) is 57.9 Å². The zero-order valence-electron chi connectivity index (χ0n) is 10.8. The molecule has 1 heteroatoms. The smallest absolute Gasteiger partial charge is 0.00673 e. The second kappa shape index (κ2) is 4.68. The van der Waals surface area contributed by atoms with Crippen LogP contribution in [0.5, 0.6) is 0 Å². The molecule has 0 aromatic rings. The van der Waals surface area contributed by atoms with Crippen molar-refractivity contribution in [3.63, 3.8) is 0 Å². The molecule has 3 aliphatic rings. The van der Waals surface area contributed by atoms with Crippen molar-refractivity contribution in [2.24, 2.45) is 23.7 Å². The molecule has 3 saturated carbocycles. The molecule has 92 valence electrons. The third kappa shape index (κ3) is 2.80. The molecule has 3 aliphatic carbocycles. The molecule has 0 spiro atoms. The zero-order chi connectivity index (χ0) is 11.0. The average molecular weight is 221 g/mol. The van der Waals surface area contributed by atoms with Gasteiger partial charge < -0.3 is 5.32 Å². The maximum absolute atomic E-state index is 3.88. The van der Waals surface area contributed by atoms with E-state index in [1.54, 1.807) is 0 Å². The first-order valence-electron chi connectivity index (χ1n) is 7.56. The number of hydrogen-bond donors (Lipinski definition) is 1. The monoisotopic (exact) mass is 221 g/mol. The summed E-state index contributed by atoms with van der Waals surface area (Å²) in [6.07, 6.45) is 11.9. The molecule has 0 heterocycles. The fraction of sp³-hybridized carbons (Fsp3) is 1.00. The van der Waals surface area contributed by atoms with Gasteiger partial charge >= 0.3 is 0 Å². The van der Waals surface area contributed by atoms with Crippen molar-refractivity contribution in [3.05, 3.63) is 0 Å². The lowest BCUT2D eigenvalue weighted by molar-refractivity contribution is 0.279. The maximum Gasteiger partial charge on any atom is 0.00673 e. The van der Waals surface area contributed by atoms with Crippen molar-refractivity contribution >= 4 is 0 Å².